The molecule has 2 rings (SSSR count). The van der Waals surface area contributed by atoms with Crippen LogP contribution in [0.15, 0.2) is 18.2 Å². The van der Waals surface area contributed by atoms with Gasteiger partial charge in [0.1, 0.15) is 5.75 Å². The van der Waals surface area contributed by atoms with Crippen LogP contribution in [0, 0.1) is 0 Å². The van der Waals surface area contributed by atoms with Gasteiger partial charge in [0, 0.05) is 18.4 Å². The van der Waals surface area contributed by atoms with Crippen LogP contribution in [0.3, 0.4) is 0 Å². The van der Waals surface area contributed by atoms with Crippen LogP contribution in [0.1, 0.15) is 17.5 Å². The van der Waals surface area contributed by atoms with Crippen LogP contribution >= 0.6 is 0 Å². The predicted octanol–water partition coefficient (Wildman–Crippen LogP) is 2.26. The largest absolute Gasteiger partial charge is 0.496 e. The van der Waals surface area contributed by atoms with E-state index in [2.05, 4.69) is 39.3 Å². The molecule has 0 aliphatic heterocycles. The molecule has 2 heteroatoms. The zero-order valence-electron chi connectivity index (χ0n) is 10.8. The van der Waals surface area contributed by atoms with Crippen molar-refractivity contribution in [3.63, 3.8) is 0 Å². The Labute approximate surface area is 98.4 Å². The van der Waals surface area contributed by atoms with Crippen LogP contribution in [0.25, 0.3) is 0 Å². The first-order chi connectivity index (χ1) is 7.52. The Morgan fingerprint density at radius 2 is 2.00 bits per heavy atom. The van der Waals surface area contributed by atoms with Crippen LogP contribution in [-0.2, 0) is 12.8 Å². The van der Waals surface area contributed by atoms with Gasteiger partial charge in [-0.3, -0.25) is 0 Å². The summed E-state index contributed by atoms with van der Waals surface area (Å²) in [4.78, 5) is 0. The minimum atomic E-state index is 0.712. The van der Waals surface area contributed by atoms with Crippen molar-refractivity contribution >= 4 is 0 Å². The SMILES string of the molecule is COc1cccc2c1CC([N+](C)(C)C)CC2. The number of hydrogen-bond acceptors (Lipinski definition) is 1. The Morgan fingerprint density at radius 3 is 2.62 bits per heavy atom. The fourth-order valence-electron chi connectivity index (χ4n) is 2.59. The number of ether oxygens (including phenoxy) is 1. The lowest BCUT2D eigenvalue weighted by Crippen LogP contribution is -2.47. The molecule has 1 aliphatic carbocycles. The van der Waals surface area contributed by atoms with Crippen LogP contribution in [-0.4, -0.2) is 38.8 Å². The third kappa shape index (κ3) is 2.07. The Hall–Kier alpha value is -1.02. The Balaban J connectivity index is 2.31. The average Bonchev–Trinajstić information content (AvgIpc) is 2.26. The first-order valence-electron chi connectivity index (χ1n) is 5.98. The van der Waals surface area contributed by atoms with Gasteiger partial charge in [-0.2, -0.15) is 0 Å². The number of benzene rings is 1. The van der Waals surface area contributed by atoms with Crippen LogP contribution in [0.4, 0.5) is 0 Å². The van der Waals surface area contributed by atoms with Gasteiger partial charge in [-0.15, -0.1) is 0 Å². The van der Waals surface area contributed by atoms with Gasteiger partial charge in [0.25, 0.3) is 0 Å². The average molecular weight is 220 g/mol. The Morgan fingerprint density at radius 1 is 1.25 bits per heavy atom. The minimum absolute atomic E-state index is 0.712. The second-order valence-electron chi connectivity index (χ2n) is 5.61. The Kier molecular flexibility index (Phi) is 2.94. The van der Waals surface area contributed by atoms with Crippen molar-refractivity contribution in [1.29, 1.82) is 0 Å². The van der Waals surface area contributed by atoms with Gasteiger partial charge >= 0.3 is 0 Å². The van der Waals surface area contributed by atoms with Crippen LogP contribution in [0.2, 0.25) is 0 Å². The van der Waals surface area contributed by atoms with E-state index in [-0.39, 0.29) is 0 Å². The first kappa shape index (κ1) is 11.5. The van der Waals surface area contributed by atoms with Crippen molar-refractivity contribution in [2.24, 2.45) is 0 Å². The number of nitrogens with zero attached hydrogens (tertiary/aromatic N) is 1. The molecule has 1 aromatic rings. The molecule has 88 valence electrons. The van der Waals surface area contributed by atoms with Gasteiger partial charge in [0.2, 0.25) is 0 Å². The smallest absolute Gasteiger partial charge is 0.122 e. The topological polar surface area (TPSA) is 9.23 Å². The number of likely N-dealkylation sites (N-methyl/N-ethyl adjacent to an activating group) is 1. The summed E-state index contributed by atoms with van der Waals surface area (Å²) in [5, 5.41) is 0. The molecule has 0 saturated heterocycles. The lowest BCUT2D eigenvalue weighted by Gasteiger charge is -2.37. The summed E-state index contributed by atoms with van der Waals surface area (Å²) >= 11 is 0. The second-order valence-corrected chi connectivity index (χ2v) is 5.61. The van der Waals surface area contributed by atoms with Crippen LogP contribution < -0.4 is 4.74 Å². The molecule has 1 unspecified atom stereocenters. The molecule has 1 atom stereocenters. The molecule has 0 spiro atoms. The zero-order chi connectivity index (χ0) is 11.8. The van der Waals surface area contributed by atoms with Gasteiger partial charge in [-0.1, -0.05) is 12.1 Å². The Bertz CT molecular complexity index is 365. The van der Waals surface area contributed by atoms with E-state index in [1.165, 1.54) is 24.0 Å². The summed E-state index contributed by atoms with van der Waals surface area (Å²) in [5.41, 5.74) is 2.90. The van der Waals surface area contributed by atoms with Gasteiger partial charge in [0.05, 0.1) is 34.3 Å². The quantitative estimate of drug-likeness (QED) is 0.695. The van der Waals surface area contributed by atoms with Crippen molar-refractivity contribution in [1.82, 2.24) is 0 Å². The maximum Gasteiger partial charge on any atom is 0.122 e. The molecule has 2 nitrogen and oxygen atoms in total. The molecule has 0 heterocycles. The van der Waals surface area contributed by atoms with Crippen molar-refractivity contribution in [3.8, 4) is 5.75 Å². The number of quaternary nitrogens is 1. The summed E-state index contributed by atoms with van der Waals surface area (Å²) in [5.74, 6) is 1.07. The number of fused-ring (bicyclic) bond motifs is 1. The minimum Gasteiger partial charge on any atom is -0.496 e. The van der Waals surface area contributed by atoms with E-state index in [0.29, 0.717) is 6.04 Å². The van der Waals surface area contributed by atoms with E-state index in [4.69, 9.17) is 4.74 Å². The van der Waals surface area contributed by atoms with Gasteiger partial charge < -0.3 is 9.22 Å². The predicted molar refractivity (Wildman–Crippen MR) is 66.8 cm³/mol. The summed E-state index contributed by atoms with van der Waals surface area (Å²) in [6.45, 7) is 0. The molecular weight excluding hydrogens is 198 g/mol. The normalized spacial score (nSPS) is 20.4. The maximum absolute atomic E-state index is 5.47. The highest BCUT2D eigenvalue weighted by Crippen LogP contribution is 2.32. The summed E-state index contributed by atoms with van der Waals surface area (Å²) in [6.07, 6.45) is 3.61. The monoisotopic (exact) mass is 220 g/mol. The number of aryl methyl sites for hydroxylation is 1. The molecule has 1 aliphatic rings. The molecule has 0 aromatic heterocycles. The van der Waals surface area contributed by atoms with Gasteiger partial charge in [-0.25, -0.2) is 0 Å². The van der Waals surface area contributed by atoms with E-state index in [9.17, 15) is 0 Å². The number of hydrogen-bond donors (Lipinski definition) is 0. The lowest BCUT2D eigenvalue weighted by atomic mass is 9.86. The van der Waals surface area contributed by atoms with Crippen molar-refractivity contribution in [3.05, 3.63) is 29.3 Å². The van der Waals surface area contributed by atoms with E-state index >= 15 is 0 Å². The number of rotatable bonds is 2. The van der Waals surface area contributed by atoms with Crippen molar-refractivity contribution in [2.75, 3.05) is 28.3 Å². The molecule has 1 aromatic carbocycles. The van der Waals surface area contributed by atoms with Crippen LogP contribution in [0.5, 0.6) is 5.75 Å². The molecule has 0 fully saturated rings. The summed E-state index contributed by atoms with van der Waals surface area (Å²) in [6, 6.07) is 7.13. The standard InChI is InChI=1S/C14H22NO/c1-15(2,3)12-9-8-11-6-5-7-14(16-4)13(11)10-12/h5-7,12H,8-10H2,1-4H3/q+1. The highest BCUT2D eigenvalue weighted by atomic mass is 16.5. The molecule has 0 bridgehead atoms. The van der Waals surface area contributed by atoms with Crippen molar-refractivity contribution < 1.29 is 9.22 Å². The molecular formula is C14H22NO+. The second kappa shape index (κ2) is 4.10. The first-order valence-corrected chi connectivity index (χ1v) is 5.98. The highest BCUT2D eigenvalue weighted by Gasteiger charge is 2.30. The third-order valence-corrected chi connectivity index (χ3v) is 3.73. The van der Waals surface area contributed by atoms with E-state index in [0.717, 1.165) is 16.7 Å². The molecule has 0 radical (unpaired) electrons. The lowest BCUT2D eigenvalue weighted by molar-refractivity contribution is -0.896. The van der Waals surface area contributed by atoms with Gasteiger partial charge in [0.15, 0.2) is 0 Å². The number of methoxy groups -OCH3 is 1. The van der Waals surface area contributed by atoms with E-state index in [1.807, 2.05) is 0 Å². The highest BCUT2D eigenvalue weighted by molar-refractivity contribution is 5.42. The fraction of sp³-hybridized carbons (Fsp3) is 0.571. The van der Waals surface area contributed by atoms with Gasteiger partial charge in [-0.05, 0) is 18.1 Å². The van der Waals surface area contributed by atoms with E-state index in [1.54, 1.807) is 7.11 Å². The summed E-state index contributed by atoms with van der Waals surface area (Å²) in [7, 11) is 8.62. The fourth-order valence-corrected chi connectivity index (χ4v) is 2.59. The molecule has 0 amide bonds. The maximum atomic E-state index is 5.47. The molecule has 16 heavy (non-hydrogen) atoms. The molecule has 0 saturated carbocycles. The third-order valence-electron chi connectivity index (χ3n) is 3.73. The molecule has 0 N–H and O–H groups in total. The van der Waals surface area contributed by atoms with E-state index < -0.39 is 0 Å². The zero-order valence-corrected chi connectivity index (χ0v) is 10.8. The summed E-state index contributed by atoms with van der Waals surface area (Å²) < 4.78 is 6.51. The van der Waals surface area contributed by atoms with Crippen molar-refractivity contribution in [2.45, 2.75) is 25.3 Å².